The number of aryl methyl sites for hydroxylation is 1. The lowest BCUT2D eigenvalue weighted by molar-refractivity contribution is 0.0951. The van der Waals surface area contributed by atoms with Gasteiger partial charge in [-0.2, -0.15) is 0 Å². The quantitative estimate of drug-likeness (QED) is 0.898. The molecule has 0 spiro atoms. The van der Waals surface area contributed by atoms with Gasteiger partial charge in [0.25, 0.3) is 0 Å². The first kappa shape index (κ1) is 15.8. The van der Waals surface area contributed by atoms with Crippen LogP contribution in [0.1, 0.15) is 31.2 Å². The van der Waals surface area contributed by atoms with E-state index in [1.165, 1.54) is 5.69 Å². The van der Waals surface area contributed by atoms with Crippen molar-refractivity contribution in [2.24, 2.45) is 0 Å². The van der Waals surface area contributed by atoms with Gasteiger partial charge in [0.15, 0.2) is 0 Å². The molecule has 0 bridgehead atoms. The van der Waals surface area contributed by atoms with E-state index in [1.54, 1.807) is 4.90 Å². The highest BCUT2D eigenvalue weighted by Crippen LogP contribution is 2.11. The van der Waals surface area contributed by atoms with Crippen LogP contribution in [0.15, 0.2) is 6.33 Å². The number of imidazole rings is 1. The molecule has 0 radical (unpaired) electrons. The largest absolute Gasteiger partial charge is 0.450 e. The summed E-state index contributed by atoms with van der Waals surface area (Å²) in [4.78, 5) is 17.7. The number of likely N-dealkylation sites (tertiary alicyclic amines) is 1. The molecule has 0 atom stereocenters. The lowest BCUT2D eigenvalue weighted by Gasteiger charge is -2.31. The average Bonchev–Trinajstić information content (AvgIpc) is 2.80. The molecule has 6 heteroatoms. The number of ether oxygens (including phenoxy) is 1. The van der Waals surface area contributed by atoms with E-state index in [4.69, 9.17) is 4.74 Å². The maximum atomic E-state index is 11.6. The van der Waals surface area contributed by atoms with E-state index < -0.39 is 0 Å². The van der Waals surface area contributed by atoms with E-state index in [1.807, 2.05) is 20.2 Å². The first-order chi connectivity index (χ1) is 10.1. The standard InChI is InChI=1S/C15H26N4O2/c1-4-21-15(20)18-8-5-14(6-9-18)16-7-10-19-11-17-12(2)13(19)3/h11,14,16H,4-10H2,1-3H3. The lowest BCUT2D eigenvalue weighted by atomic mass is 10.1. The Morgan fingerprint density at radius 1 is 1.43 bits per heavy atom. The van der Waals surface area contributed by atoms with Crippen LogP contribution in [-0.2, 0) is 11.3 Å². The monoisotopic (exact) mass is 294 g/mol. The molecular weight excluding hydrogens is 268 g/mol. The van der Waals surface area contributed by atoms with Gasteiger partial charge in [0.05, 0.1) is 18.6 Å². The second kappa shape index (κ2) is 7.45. The molecule has 0 unspecified atom stereocenters. The molecule has 2 heterocycles. The molecule has 1 aromatic rings. The van der Waals surface area contributed by atoms with Gasteiger partial charge in [-0.15, -0.1) is 0 Å². The van der Waals surface area contributed by atoms with Crippen LogP contribution in [0.4, 0.5) is 4.79 Å². The average molecular weight is 294 g/mol. The summed E-state index contributed by atoms with van der Waals surface area (Å²) in [5, 5.41) is 3.57. The molecule has 2 rings (SSSR count). The summed E-state index contributed by atoms with van der Waals surface area (Å²) in [6.45, 7) is 9.84. The number of piperidine rings is 1. The molecule has 0 saturated carbocycles. The number of rotatable bonds is 5. The minimum Gasteiger partial charge on any atom is -0.450 e. The minimum atomic E-state index is -0.180. The number of hydrogen-bond donors (Lipinski definition) is 1. The van der Waals surface area contributed by atoms with Gasteiger partial charge in [-0.1, -0.05) is 0 Å². The summed E-state index contributed by atoms with van der Waals surface area (Å²) in [6, 6.07) is 0.487. The van der Waals surface area contributed by atoms with Crippen LogP contribution in [-0.4, -0.2) is 52.8 Å². The van der Waals surface area contributed by atoms with Gasteiger partial charge in [-0.25, -0.2) is 9.78 Å². The van der Waals surface area contributed by atoms with Crippen LogP contribution in [0.2, 0.25) is 0 Å². The highest BCUT2D eigenvalue weighted by atomic mass is 16.6. The number of amides is 1. The molecule has 1 amide bonds. The Kier molecular flexibility index (Phi) is 5.61. The SMILES string of the molecule is CCOC(=O)N1CCC(NCCn2cnc(C)c2C)CC1. The van der Waals surface area contributed by atoms with Gasteiger partial charge in [0, 0.05) is 37.9 Å². The first-order valence-corrected chi connectivity index (χ1v) is 7.75. The van der Waals surface area contributed by atoms with Gasteiger partial charge < -0.3 is 19.5 Å². The fraction of sp³-hybridized carbons (Fsp3) is 0.733. The lowest BCUT2D eigenvalue weighted by Crippen LogP contribution is -2.45. The second-order valence-electron chi connectivity index (χ2n) is 5.52. The number of nitrogens with zero attached hydrogens (tertiary/aromatic N) is 3. The van der Waals surface area contributed by atoms with E-state index in [9.17, 15) is 4.79 Å². The van der Waals surface area contributed by atoms with Gasteiger partial charge in [0.1, 0.15) is 0 Å². The summed E-state index contributed by atoms with van der Waals surface area (Å²) >= 11 is 0. The molecule has 1 aliphatic rings. The maximum Gasteiger partial charge on any atom is 0.409 e. The van der Waals surface area contributed by atoms with Crippen molar-refractivity contribution in [1.82, 2.24) is 19.8 Å². The summed E-state index contributed by atoms with van der Waals surface area (Å²) < 4.78 is 7.20. The Balaban J connectivity index is 1.67. The number of nitrogens with one attached hydrogen (secondary N) is 1. The number of carbonyl (C=O) groups excluding carboxylic acids is 1. The number of hydrogen-bond acceptors (Lipinski definition) is 4. The molecule has 1 saturated heterocycles. The van der Waals surface area contributed by atoms with E-state index in [2.05, 4.69) is 21.8 Å². The van der Waals surface area contributed by atoms with Crippen molar-refractivity contribution in [2.45, 2.75) is 46.2 Å². The summed E-state index contributed by atoms with van der Waals surface area (Å²) in [6.07, 6.45) is 3.69. The third-order valence-electron chi connectivity index (χ3n) is 4.15. The topological polar surface area (TPSA) is 59.4 Å². The molecule has 0 aliphatic carbocycles. The Hall–Kier alpha value is -1.56. The zero-order valence-corrected chi connectivity index (χ0v) is 13.3. The van der Waals surface area contributed by atoms with Crippen LogP contribution >= 0.6 is 0 Å². The Morgan fingerprint density at radius 3 is 2.71 bits per heavy atom. The maximum absolute atomic E-state index is 11.6. The smallest absolute Gasteiger partial charge is 0.409 e. The minimum absolute atomic E-state index is 0.180. The molecule has 1 fully saturated rings. The summed E-state index contributed by atoms with van der Waals surface area (Å²) in [7, 11) is 0. The number of carbonyl (C=O) groups is 1. The van der Waals surface area contributed by atoms with E-state index in [0.29, 0.717) is 12.6 Å². The predicted molar refractivity (Wildman–Crippen MR) is 81.3 cm³/mol. The summed E-state index contributed by atoms with van der Waals surface area (Å²) in [5.74, 6) is 0. The Morgan fingerprint density at radius 2 is 2.14 bits per heavy atom. The van der Waals surface area contributed by atoms with Crippen molar-refractivity contribution in [2.75, 3.05) is 26.2 Å². The van der Waals surface area contributed by atoms with Crippen molar-refractivity contribution in [3.05, 3.63) is 17.7 Å². The van der Waals surface area contributed by atoms with Crippen molar-refractivity contribution in [1.29, 1.82) is 0 Å². The predicted octanol–water partition coefficient (Wildman–Crippen LogP) is 1.71. The molecule has 1 aromatic heterocycles. The van der Waals surface area contributed by atoms with Gasteiger partial charge in [0.2, 0.25) is 0 Å². The zero-order chi connectivity index (χ0) is 15.2. The van der Waals surface area contributed by atoms with Crippen molar-refractivity contribution < 1.29 is 9.53 Å². The van der Waals surface area contributed by atoms with E-state index in [-0.39, 0.29) is 6.09 Å². The van der Waals surface area contributed by atoms with Crippen LogP contribution in [0.3, 0.4) is 0 Å². The second-order valence-corrected chi connectivity index (χ2v) is 5.52. The van der Waals surface area contributed by atoms with Crippen molar-refractivity contribution in [3.63, 3.8) is 0 Å². The normalized spacial score (nSPS) is 16.2. The van der Waals surface area contributed by atoms with E-state index >= 15 is 0 Å². The molecule has 118 valence electrons. The Labute approximate surface area is 126 Å². The molecule has 1 N–H and O–H groups in total. The van der Waals surface area contributed by atoms with Gasteiger partial charge >= 0.3 is 6.09 Å². The third kappa shape index (κ3) is 4.20. The fourth-order valence-corrected chi connectivity index (χ4v) is 2.64. The van der Waals surface area contributed by atoms with Crippen molar-refractivity contribution >= 4 is 6.09 Å². The molecular formula is C15H26N4O2. The Bertz CT molecular complexity index is 464. The van der Waals surface area contributed by atoms with Gasteiger partial charge in [-0.05, 0) is 33.6 Å². The van der Waals surface area contributed by atoms with Crippen LogP contribution in [0.25, 0.3) is 0 Å². The molecule has 6 nitrogen and oxygen atoms in total. The van der Waals surface area contributed by atoms with Crippen LogP contribution < -0.4 is 5.32 Å². The van der Waals surface area contributed by atoms with E-state index in [0.717, 1.165) is 44.7 Å². The van der Waals surface area contributed by atoms with Crippen LogP contribution in [0, 0.1) is 13.8 Å². The molecule has 1 aliphatic heterocycles. The number of aromatic nitrogens is 2. The zero-order valence-electron chi connectivity index (χ0n) is 13.3. The van der Waals surface area contributed by atoms with Crippen molar-refractivity contribution in [3.8, 4) is 0 Å². The summed E-state index contributed by atoms with van der Waals surface area (Å²) in [5.41, 5.74) is 2.33. The molecule has 0 aromatic carbocycles. The van der Waals surface area contributed by atoms with Gasteiger partial charge in [-0.3, -0.25) is 0 Å². The first-order valence-electron chi connectivity index (χ1n) is 7.75. The fourth-order valence-electron chi connectivity index (χ4n) is 2.64. The molecule has 21 heavy (non-hydrogen) atoms. The highest BCUT2D eigenvalue weighted by Gasteiger charge is 2.22. The highest BCUT2D eigenvalue weighted by molar-refractivity contribution is 5.67. The van der Waals surface area contributed by atoms with Crippen LogP contribution in [0.5, 0.6) is 0 Å². The third-order valence-corrected chi connectivity index (χ3v) is 4.15.